The van der Waals surface area contributed by atoms with Gasteiger partial charge in [-0.2, -0.15) is 0 Å². The lowest BCUT2D eigenvalue weighted by molar-refractivity contribution is -0.431. The van der Waals surface area contributed by atoms with Crippen molar-refractivity contribution in [1.82, 2.24) is 9.80 Å². The fraction of sp³-hybridized carbons (Fsp3) is 0.467. The van der Waals surface area contributed by atoms with Gasteiger partial charge in [-0.15, -0.1) is 11.8 Å². The normalized spacial score (nSPS) is 20.5. The maximum atomic E-state index is 11.4. The molecule has 0 radical (unpaired) electrons. The van der Waals surface area contributed by atoms with E-state index in [9.17, 15) is 10.1 Å². The Morgan fingerprint density at radius 2 is 2.14 bits per heavy atom. The quantitative estimate of drug-likeness (QED) is 0.632. The van der Waals surface area contributed by atoms with E-state index < -0.39 is 0 Å². The van der Waals surface area contributed by atoms with Crippen LogP contribution in [0.3, 0.4) is 0 Å². The van der Waals surface area contributed by atoms with E-state index >= 15 is 0 Å². The van der Waals surface area contributed by atoms with Crippen molar-refractivity contribution in [2.45, 2.75) is 19.4 Å². The van der Waals surface area contributed by atoms with Crippen LogP contribution in [0, 0.1) is 10.1 Å². The second kappa shape index (κ2) is 6.07. The molecule has 6 heteroatoms. The summed E-state index contributed by atoms with van der Waals surface area (Å²) in [6.45, 7) is 4.26. The van der Waals surface area contributed by atoms with Crippen LogP contribution in [-0.2, 0) is 0 Å². The van der Waals surface area contributed by atoms with Gasteiger partial charge in [0.15, 0.2) is 0 Å². The van der Waals surface area contributed by atoms with Gasteiger partial charge < -0.3 is 4.90 Å². The molecule has 1 aromatic rings. The van der Waals surface area contributed by atoms with Crippen molar-refractivity contribution in [3.63, 3.8) is 0 Å². The van der Waals surface area contributed by atoms with E-state index in [1.807, 2.05) is 18.2 Å². The summed E-state index contributed by atoms with van der Waals surface area (Å²) in [6.07, 6.45) is 0.950. The van der Waals surface area contributed by atoms with Crippen LogP contribution < -0.4 is 0 Å². The number of hydrogen-bond acceptors (Lipinski definition) is 5. The predicted molar refractivity (Wildman–Crippen MR) is 84.2 cm³/mol. The van der Waals surface area contributed by atoms with E-state index in [-0.39, 0.29) is 11.0 Å². The summed E-state index contributed by atoms with van der Waals surface area (Å²) in [5.41, 5.74) is 1.59. The lowest BCUT2D eigenvalue weighted by Gasteiger charge is -2.37. The summed E-state index contributed by atoms with van der Waals surface area (Å²) in [6, 6.07) is 10.5. The summed E-state index contributed by atoms with van der Waals surface area (Å²) in [7, 11) is 0. The van der Waals surface area contributed by atoms with Crippen LogP contribution in [0.4, 0.5) is 0 Å². The first-order valence-corrected chi connectivity index (χ1v) is 8.23. The molecule has 1 aromatic carbocycles. The minimum Gasteiger partial charge on any atom is -0.347 e. The van der Waals surface area contributed by atoms with Crippen molar-refractivity contribution >= 4 is 11.8 Å². The zero-order valence-corrected chi connectivity index (χ0v) is 12.9. The summed E-state index contributed by atoms with van der Waals surface area (Å²) >= 11 is 1.62. The van der Waals surface area contributed by atoms with Crippen molar-refractivity contribution in [3.05, 3.63) is 56.7 Å². The minimum absolute atomic E-state index is 0.204. The second-order valence-electron chi connectivity index (χ2n) is 5.34. The Bertz CT molecular complexity index is 561. The molecule has 2 aliphatic heterocycles. The van der Waals surface area contributed by atoms with Gasteiger partial charge in [0, 0.05) is 18.3 Å². The molecule has 0 aliphatic carbocycles. The molecule has 3 rings (SSSR count). The molecule has 0 bridgehead atoms. The maximum absolute atomic E-state index is 11.4. The number of hydrogen-bond donors (Lipinski definition) is 0. The second-order valence-corrected chi connectivity index (χ2v) is 6.43. The van der Waals surface area contributed by atoms with Crippen LogP contribution in [0.1, 0.15) is 24.9 Å². The Hall–Kier alpha value is -1.53. The molecule has 5 nitrogen and oxygen atoms in total. The molecule has 1 atom stereocenters. The fourth-order valence-electron chi connectivity index (χ4n) is 3.10. The highest BCUT2D eigenvalue weighted by Crippen LogP contribution is 2.37. The van der Waals surface area contributed by atoms with Gasteiger partial charge in [0.1, 0.15) is 5.03 Å². The van der Waals surface area contributed by atoms with Gasteiger partial charge >= 0.3 is 0 Å². The van der Waals surface area contributed by atoms with Crippen LogP contribution in [0.15, 0.2) is 41.1 Å². The van der Waals surface area contributed by atoms with Gasteiger partial charge in [-0.25, -0.2) is 0 Å². The molecule has 2 heterocycles. The Labute approximate surface area is 128 Å². The van der Waals surface area contributed by atoms with Gasteiger partial charge in [0.2, 0.25) is 0 Å². The molecule has 0 aromatic heterocycles. The van der Waals surface area contributed by atoms with E-state index in [1.165, 1.54) is 5.56 Å². The first-order chi connectivity index (χ1) is 10.2. The summed E-state index contributed by atoms with van der Waals surface area (Å²) in [4.78, 5) is 15.5. The highest BCUT2D eigenvalue weighted by molar-refractivity contribution is 8.03. The number of nitrogens with zero attached hydrogens (tertiary/aromatic N) is 3. The topological polar surface area (TPSA) is 49.6 Å². The van der Waals surface area contributed by atoms with Gasteiger partial charge in [-0.3, -0.25) is 15.0 Å². The Kier molecular flexibility index (Phi) is 4.17. The summed E-state index contributed by atoms with van der Waals surface area (Å²) < 4.78 is 0. The van der Waals surface area contributed by atoms with Crippen LogP contribution >= 0.6 is 11.8 Å². The summed E-state index contributed by atoms with van der Waals surface area (Å²) in [5.74, 6) is 0.947. The maximum Gasteiger partial charge on any atom is 0.289 e. The number of nitro groups is 1. The van der Waals surface area contributed by atoms with Crippen molar-refractivity contribution in [2.75, 3.05) is 25.5 Å². The molecular weight excluding hydrogens is 286 g/mol. The third kappa shape index (κ3) is 2.78. The van der Waals surface area contributed by atoms with E-state index in [0.29, 0.717) is 12.2 Å². The fourth-order valence-corrected chi connectivity index (χ4v) is 4.24. The van der Waals surface area contributed by atoms with Crippen LogP contribution in [-0.4, -0.2) is 40.2 Å². The zero-order chi connectivity index (χ0) is 14.8. The smallest absolute Gasteiger partial charge is 0.289 e. The first-order valence-electron chi connectivity index (χ1n) is 7.25. The Morgan fingerprint density at radius 3 is 2.81 bits per heavy atom. The molecule has 2 aliphatic rings. The van der Waals surface area contributed by atoms with Crippen LogP contribution in [0.5, 0.6) is 0 Å². The van der Waals surface area contributed by atoms with E-state index in [2.05, 4.69) is 28.9 Å². The highest BCUT2D eigenvalue weighted by atomic mass is 32.2. The molecule has 21 heavy (non-hydrogen) atoms. The molecular formula is C15H19N3O2S. The standard InChI is InChI=1S/C15H19N3O2S/c1-2-13(12-6-4-3-5-7-12)17-10-14(18(19)20)15-16(11-17)8-9-21-15/h3-7,13H,2,8-11H2,1H3/t13-/m1/s1. The number of benzene rings is 1. The van der Waals surface area contributed by atoms with Gasteiger partial charge in [-0.05, 0) is 12.0 Å². The number of fused-ring (bicyclic) bond motifs is 1. The van der Waals surface area contributed by atoms with Crippen molar-refractivity contribution in [2.24, 2.45) is 0 Å². The molecule has 0 amide bonds. The molecule has 0 unspecified atom stereocenters. The predicted octanol–water partition coefficient (Wildman–Crippen LogP) is 2.91. The monoisotopic (exact) mass is 305 g/mol. The van der Waals surface area contributed by atoms with E-state index in [0.717, 1.165) is 30.4 Å². The Morgan fingerprint density at radius 1 is 1.38 bits per heavy atom. The van der Waals surface area contributed by atoms with Gasteiger partial charge in [-0.1, -0.05) is 37.3 Å². The first kappa shape index (κ1) is 14.4. The molecule has 0 N–H and O–H groups in total. The largest absolute Gasteiger partial charge is 0.347 e. The third-order valence-electron chi connectivity index (χ3n) is 4.07. The van der Waals surface area contributed by atoms with Crippen LogP contribution in [0.25, 0.3) is 0 Å². The van der Waals surface area contributed by atoms with E-state index in [1.54, 1.807) is 11.8 Å². The van der Waals surface area contributed by atoms with Crippen molar-refractivity contribution in [3.8, 4) is 0 Å². The van der Waals surface area contributed by atoms with Crippen molar-refractivity contribution in [1.29, 1.82) is 0 Å². The van der Waals surface area contributed by atoms with Crippen LogP contribution in [0.2, 0.25) is 0 Å². The SMILES string of the molecule is CC[C@H](c1ccccc1)N1CC([N+](=O)[O-])=C2SCCN2C1. The number of thioether (sulfide) groups is 1. The average Bonchev–Trinajstić information content (AvgIpc) is 2.96. The lowest BCUT2D eigenvalue weighted by atomic mass is 10.0. The van der Waals surface area contributed by atoms with Crippen molar-refractivity contribution < 1.29 is 4.92 Å². The Balaban J connectivity index is 1.88. The van der Waals surface area contributed by atoms with Gasteiger partial charge in [0.05, 0.1) is 18.1 Å². The molecule has 1 fully saturated rings. The molecule has 112 valence electrons. The number of rotatable bonds is 4. The molecule has 0 saturated carbocycles. The minimum atomic E-state index is -0.204. The van der Waals surface area contributed by atoms with E-state index in [4.69, 9.17) is 0 Å². The average molecular weight is 305 g/mol. The molecule has 0 spiro atoms. The molecule has 1 saturated heterocycles. The zero-order valence-electron chi connectivity index (χ0n) is 12.1. The third-order valence-corrected chi connectivity index (χ3v) is 5.23. The highest BCUT2D eigenvalue weighted by Gasteiger charge is 2.37. The van der Waals surface area contributed by atoms with Gasteiger partial charge in [0.25, 0.3) is 5.70 Å². The lowest BCUT2D eigenvalue weighted by Crippen LogP contribution is -2.44. The summed E-state index contributed by atoms with van der Waals surface area (Å²) in [5, 5.41) is 12.2.